The number of fused-ring (bicyclic) bond motifs is 1. The maximum absolute atomic E-state index is 13.5. The van der Waals surface area contributed by atoms with Crippen molar-refractivity contribution in [3.05, 3.63) is 65.5 Å². The van der Waals surface area contributed by atoms with Crippen molar-refractivity contribution >= 4 is 23.3 Å². The summed E-state index contributed by atoms with van der Waals surface area (Å²) >= 11 is 0. The Bertz CT molecular complexity index is 1100. The van der Waals surface area contributed by atoms with Crippen molar-refractivity contribution in [2.24, 2.45) is 0 Å². The molecule has 8 heteroatoms. The van der Waals surface area contributed by atoms with E-state index in [1.807, 2.05) is 12.1 Å². The highest BCUT2D eigenvalue weighted by Crippen LogP contribution is 2.32. The zero-order valence-corrected chi connectivity index (χ0v) is 16.8. The zero-order valence-electron chi connectivity index (χ0n) is 16.8. The first-order chi connectivity index (χ1) is 14.5. The van der Waals surface area contributed by atoms with Crippen molar-refractivity contribution in [3.8, 4) is 11.4 Å². The molecule has 1 aromatic heterocycles. The molecule has 1 aliphatic rings. The number of anilines is 2. The van der Waals surface area contributed by atoms with Gasteiger partial charge in [-0.3, -0.25) is 4.79 Å². The molecule has 0 atom stereocenters. The number of carbonyl (C=O) groups is 2. The summed E-state index contributed by atoms with van der Waals surface area (Å²) in [7, 11) is 1.55. The molecule has 2 N–H and O–H groups in total. The topological polar surface area (TPSA) is 99.7 Å². The smallest absolute Gasteiger partial charge is 0.359 e. The first-order valence-electron chi connectivity index (χ1n) is 9.65. The highest BCUT2D eigenvalue weighted by Gasteiger charge is 2.36. The third-order valence-corrected chi connectivity index (χ3v) is 5.00. The molecule has 154 valence electrons. The lowest BCUT2D eigenvalue weighted by atomic mass is 10.0. The Labute approximate surface area is 173 Å². The van der Waals surface area contributed by atoms with Crippen LogP contribution in [0.15, 0.2) is 48.5 Å². The van der Waals surface area contributed by atoms with E-state index in [0.717, 1.165) is 5.69 Å². The summed E-state index contributed by atoms with van der Waals surface area (Å²) < 4.78 is 12.1. The number of esters is 1. The van der Waals surface area contributed by atoms with Crippen molar-refractivity contribution in [2.45, 2.75) is 13.3 Å². The third kappa shape index (κ3) is 3.26. The van der Waals surface area contributed by atoms with Gasteiger partial charge in [-0.15, -0.1) is 0 Å². The minimum absolute atomic E-state index is 0.156. The summed E-state index contributed by atoms with van der Waals surface area (Å²) in [5, 5.41) is 4.48. The molecule has 2 heterocycles. The number of benzene rings is 2. The van der Waals surface area contributed by atoms with E-state index in [9.17, 15) is 9.59 Å². The predicted octanol–water partition coefficient (Wildman–Crippen LogP) is 2.84. The van der Waals surface area contributed by atoms with Crippen molar-refractivity contribution in [1.82, 2.24) is 9.78 Å². The number of amides is 1. The second kappa shape index (κ2) is 7.90. The van der Waals surface area contributed by atoms with Gasteiger partial charge in [-0.1, -0.05) is 12.1 Å². The highest BCUT2D eigenvalue weighted by atomic mass is 16.5. The van der Waals surface area contributed by atoms with Crippen molar-refractivity contribution < 1.29 is 19.1 Å². The molecule has 3 aromatic rings. The number of carbonyl (C=O) groups excluding carboxylic acids is 2. The molecular weight excluding hydrogens is 384 g/mol. The Morgan fingerprint density at radius 2 is 1.90 bits per heavy atom. The van der Waals surface area contributed by atoms with Gasteiger partial charge in [0.2, 0.25) is 0 Å². The van der Waals surface area contributed by atoms with E-state index in [4.69, 9.17) is 15.2 Å². The van der Waals surface area contributed by atoms with Gasteiger partial charge in [0.1, 0.15) is 17.1 Å². The van der Waals surface area contributed by atoms with E-state index in [0.29, 0.717) is 41.3 Å². The zero-order chi connectivity index (χ0) is 21.3. The lowest BCUT2D eigenvalue weighted by molar-refractivity contribution is 0.0517. The van der Waals surface area contributed by atoms with Gasteiger partial charge in [-0.2, -0.15) is 5.10 Å². The van der Waals surface area contributed by atoms with E-state index < -0.39 is 5.97 Å². The molecule has 30 heavy (non-hydrogen) atoms. The van der Waals surface area contributed by atoms with Gasteiger partial charge >= 0.3 is 5.97 Å². The molecule has 1 amide bonds. The number of ether oxygens (including phenoxy) is 2. The molecule has 2 aromatic carbocycles. The van der Waals surface area contributed by atoms with Gasteiger partial charge in [-0.05, 0) is 49.7 Å². The van der Waals surface area contributed by atoms with Gasteiger partial charge in [0, 0.05) is 23.5 Å². The number of nitrogens with two attached hydrogens (primary N) is 1. The second-order valence-electron chi connectivity index (χ2n) is 6.78. The number of hydrogen-bond acceptors (Lipinski definition) is 6. The Balaban J connectivity index is 1.87. The van der Waals surface area contributed by atoms with Gasteiger partial charge in [0.15, 0.2) is 5.69 Å². The lowest BCUT2D eigenvalue weighted by Gasteiger charge is -2.28. The number of aromatic nitrogens is 2. The number of methoxy groups -OCH3 is 1. The van der Waals surface area contributed by atoms with Gasteiger partial charge in [0.25, 0.3) is 5.91 Å². The minimum atomic E-state index is -0.545. The number of rotatable bonds is 5. The Kier molecular flexibility index (Phi) is 5.14. The SMILES string of the molecule is CCOC(=O)c1nn(-c2ccccc2OC)c2c1CCN(c1ccc(N)cc1)C2=O. The number of nitrogen functional groups attached to an aromatic ring is 1. The fraction of sp³-hybridized carbons (Fsp3) is 0.227. The molecule has 0 fully saturated rings. The molecule has 0 spiro atoms. The molecule has 8 nitrogen and oxygen atoms in total. The second-order valence-corrected chi connectivity index (χ2v) is 6.78. The van der Waals surface area contributed by atoms with Gasteiger partial charge in [-0.25, -0.2) is 9.48 Å². The van der Waals surface area contributed by atoms with Crippen LogP contribution in [-0.2, 0) is 11.2 Å². The normalized spacial score (nSPS) is 13.1. The summed E-state index contributed by atoms with van der Waals surface area (Å²) in [6.07, 6.45) is 0.467. The first-order valence-corrected chi connectivity index (χ1v) is 9.65. The van der Waals surface area contributed by atoms with E-state index in [1.165, 1.54) is 4.68 Å². The van der Waals surface area contributed by atoms with Crippen LogP contribution in [-0.4, -0.2) is 41.9 Å². The summed E-state index contributed by atoms with van der Waals surface area (Å²) in [4.78, 5) is 27.7. The van der Waals surface area contributed by atoms with Crippen LogP contribution in [0.2, 0.25) is 0 Å². The first kappa shape index (κ1) is 19.5. The van der Waals surface area contributed by atoms with Crippen LogP contribution in [0.1, 0.15) is 33.5 Å². The number of hydrogen-bond donors (Lipinski definition) is 1. The average molecular weight is 406 g/mol. The number of para-hydroxylation sites is 2. The Morgan fingerprint density at radius 3 is 2.60 bits per heavy atom. The molecule has 0 radical (unpaired) electrons. The molecule has 0 aliphatic carbocycles. The predicted molar refractivity (Wildman–Crippen MR) is 112 cm³/mol. The third-order valence-electron chi connectivity index (χ3n) is 5.00. The van der Waals surface area contributed by atoms with E-state index in [1.54, 1.807) is 55.3 Å². The molecule has 1 aliphatic heterocycles. The Morgan fingerprint density at radius 1 is 1.17 bits per heavy atom. The summed E-state index contributed by atoms with van der Waals surface area (Å²) in [5.74, 6) is -0.262. The maximum atomic E-state index is 13.5. The van der Waals surface area contributed by atoms with Crippen molar-refractivity contribution in [3.63, 3.8) is 0 Å². The summed E-state index contributed by atoms with van der Waals surface area (Å²) in [6.45, 7) is 2.37. The largest absolute Gasteiger partial charge is 0.494 e. The molecule has 0 unspecified atom stereocenters. The van der Waals surface area contributed by atoms with Crippen LogP contribution in [0.3, 0.4) is 0 Å². The van der Waals surface area contributed by atoms with E-state index in [2.05, 4.69) is 5.10 Å². The Hall–Kier alpha value is -3.81. The highest BCUT2D eigenvalue weighted by molar-refractivity contribution is 6.09. The van der Waals surface area contributed by atoms with Crippen molar-refractivity contribution in [1.29, 1.82) is 0 Å². The molecule has 0 bridgehead atoms. The van der Waals surface area contributed by atoms with Crippen LogP contribution in [0.5, 0.6) is 5.75 Å². The monoisotopic (exact) mass is 406 g/mol. The fourth-order valence-corrected chi connectivity index (χ4v) is 3.60. The average Bonchev–Trinajstić information content (AvgIpc) is 3.15. The van der Waals surface area contributed by atoms with E-state index >= 15 is 0 Å². The minimum Gasteiger partial charge on any atom is -0.494 e. The quantitative estimate of drug-likeness (QED) is 0.517. The van der Waals surface area contributed by atoms with Crippen LogP contribution in [0.4, 0.5) is 11.4 Å². The van der Waals surface area contributed by atoms with Gasteiger partial charge in [0.05, 0.1) is 13.7 Å². The van der Waals surface area contributed by atoms with Crippen molar-refractivity contribution in [2.75, 3.05) is 30.9 Å². The van der Waals surface area contributed by atoms with Crippen LogP contribution in [0, 0.1) is 0 Å². The summed E-state index contributed by atoms with van der Waals surface area (Å²) in [5.41, 5.74) is 8.76. The lowest BCUT2D eigenvalue weighted by Crippen LogP contribution is -2.39. The van der Waals surface area contributed by atoms with Crippen LogP contribution >= 0.6 is 0 Å². The maximum Gasteiger partial charge on any atom is 0.359 e. The fourth-order valence-electron chi connectivity index (χ4n) is 3.60. The number of nitrogens with zero attached hydrogens (tertiary/aromatic N) is 3. The van der Waals surface area contributed by atoms with Gasteiger partial charge < -0.3 is 20.1 Å². The van der Waals surface area contributed by atoms with Crippen LogP contribution in [0.25, 0.3) is 5.69 Å². The standard InChI is InChI=1S/C22H22N4O4/c1-3-30-22(28)19-16-12-13-25(15-10-8-14(23)9-11-15)21(27)20(16)26(24-19)17-6-4-5-7-18(17)29-2/h4-11H,3,12-13,23H2,1-2H3. The molecular formula is C22H22N4O4. The summed E-state index contributed by atoms with van der Waals surface area (Å²) in [6, 6.07) is 14.3. The van der Waals surface area contributed by atoms with Crippen LogP contribution < -0.4 is 15.4 Å². The molecule has 0 saturated carbocycles. The molecule has 0 saturated heterocycles. The molecule has 4 rings (SSSR count). The van der Waals surface area contributed by atoms with E-state index in [-0.39, 0.29) is 18.2 Å².